The Kier molecular flexibility index (Phi) is 3.64. The van der Waals surface area contributed by atoms with E-state index < -0.39 is 11.6 Å². The first kappa shape index (κ1) is 9.92. The minimum atomic E-state index is -0.849. The second-order valence-electron chi connectivity index (χ2n) is 2.52. The lowest BCUT2D eigenvalue weighted by molar-refractivity contribution is 0.210. The molecule has 0 unspecified atom stereocenters. The number of ether oxygens (including phenoxy) is 1. The molecule has 0 bridgehead atoms. The van der Waals surface area contributed by atoms with Crippen molar-refractivity contribution >= 4 is 5.69 Å². The topological polar surface area (TPSA) is 21.3 Å². The molecular formula is C9H11F2NO. The zero-order valence-electron chi connectivity index (χ0n) is 7.31. The second kappa shape index (κ2) is 4.77. The standard InChI is InChI=1S/C9H11F2NO/c1-13-6-5-12-8-4-2-3-7(10)9(8)11/h2-4,12H,5-6H2,1H3. The van der Waals surface area contributed by atoms with Gasteiger partial charge < -0.3 is 10.1 Å². The summed E-state index contributed by atoms with van der Waals surface area (Å²) in [5.41, 5.74) is 0.164. The van der Waals surface area contributed by atoms with Gasteiger partial charge in [-0.15, -0.1) is 0 Å². The highest BCUT2D eigenvalue weighted by atomic mass is 19.2. The smallest absolute Gasteiger partial charge is 0.181 e. The van der Waals surface area contributed by atoms with Crippen molar-refractivity contribution in [1.29, 1.82) is 0 Å². The van der Waals surface area contributed by atoms with Gasteiger partial charge in [-0.1, -0.05) is 6.07 Å². The molecule has 13 heavy (non-hydrogen) atoms. The number of rotatable bonds is 4. The molecule has 72 valence electrons. The van der Waals surface area contributed by atoms with Crippen LogP contribution in [-0.2, 0) is 4.74 Å². The first-order chi connectivity index (χ1) is 6.25. The Labute approximate surface area is 75.5 Å². The van der Waals surface area contributed by atoms with Crippen LogP contribution in [0.5, 0.6) is 0 Å². The summed E-state index contributed by atoms with van der Waals surface area (Å²) in [4.78, 5) is 0. The molecule has 0 aliphatic carbocycles. The zero-order valence-corrected chi connectivity index (χ0v) is 7.31. The second-order valence-corrected chi connectivity index (χ2v) is 2.52. The van der Waals surface area contributed by atoms with Gasteiger partial charge in [0.15, 0.2) is 11.6 Å². The fraction of sp³-hybridized carbons (Fsp3) is 0.333. The highest BCUT2D eigenvalue weighted by molar-refractivity contribution is 5.44. The molecule has 0 saturated heterocycles. The molecule has 1 aromatic carbocycles. The molecule has 0 heterocycles. The van der Waals surface area contributed by atoms with E-state index >= 15 is 0 Å². The SMILES string of the molecule is COCCNc1cccc(F)c1F. The highest BCUT2D eigenvalue weighted by Crippen LogP contribution is 2.15. The van der Waals surface area contributed by atoms with Crippen molar-refractivity contribution < 1.29 is 13.5 Å². The van der Waals surface area contributed by atoms with Crippen LogP contribution in [0.4, 0.5) is 14.5 Å². The molecule has 1 N–H and O–H groups in total. The monoisotopic (exact) mass is 187 g/mol. The molecule has 0 radical (unpaired) electrons. The summed E-state index contributed by atoms with van der Waals surface area (Å²) in [7, 11) is 1.55. The third kappa shape index (κ3) is 2.66. The van der Waals surface area contributed by atoms with E-state index in [0.717, 1.165) is 6.07 Å². The molecule has 0 saturated carbocycles. The minimum Gasteiger partial charge on any atom is -0.383 e. The van der Waals surface area contributed by atoms with Gasteiger partial charge in [-0.2, -0.15) is 0 Å². The molecule has 1 aromatic rings. The van der Waals surface area contributed by atoms with Crippen molar-refractivity contribution in [2.75, 3.05) is 25.6 Å². The van der Waals surface area contributed by atoms with Crippen molar-refractivity contribution in [2.24, 2.45) is 0 Å². The Balaban J connectivity index is 2.61. The molecule has 0 atom stereocenters. The van der Waals surface area contributed by atoms with Crippen LogP contribution in [0.25, 0.3) is 0 Å². The van der Waals surface area contributed by atoms with E-state index in [1.807, 2.05) is 0 Å². The number of hydrogen-bond acceptors (Lipinski definition) is 2. The molecule has 0 aliphatic heterocycles. The van der Waals surface area contributed by atoms with Crippen LogP contribution < -0.4 is 5.32 Å². The van der Waals surface area contributed by atoms with Gasteiger partial charge >= 0.3 is 0 Å². The minimum absolute atomic E-state index is 0.164. The molecular weight excluding hydrogens is 176 g/mol. The van der Waals surface area contributed by atoms with Crippen LogP contribution in [-0.4, -0.2) is 20.3 Å². The van der Waals surface area contributed by atoms with E-state index in [4.69, 9.17) is 4.74 Å². The Morgan fingerprint density at radius 3 is 2.85 bits per heavy atom. The normalized spacial score (nSPS) is 10.1. The Morgan fingerprint density at radius 1 is 1.38 bits per heavy atom. The summed E-state index contributed by atoms with van der Waals surface area (Å²) >= 11 is 0. The molecule has 4 heteroatoms. The van der Waals surface area contributed by atoms with Crippen LogP contribution in [0, 0.1) is 11.6 Å². The third-order valence-electron chi connectivity index (χ3n) is 1.57. The Hall–Kier alpha value is -1.16. The van der Waals surface area contributed by atoms with Crippen LogP contribution >= 0.6 is 0 Å². The van der Waals surface area contributed by atoms with Crippen molar-refractivity contribution in [3.63, 3.8) is 0 Å². The largest absolute Gasteiger partial charge is 0.383 e. The summed E-state index contributed by atoms with van der Waals surface area (Å²) in [6.07, 6.45) is 0. The van der Waals surface area contributed by atoms with E-state index in [1.54, 1.807) is 7.11 Å². The summed E-state index contributed by atoms with van der Waals surface area (Å²) in [5.74, 6) is -1.69. The van der Waals surface area contributed by atoms with E-state index in [-0.39, 0.29) is 5.69 Å². The molecule has 0 aromatic heterocycles. The van der Waals surface area contributed by atoms with Crippen molar-refractivity contribution in [3.8, 4) is 0 Å². The van der Waals surface area contributed by atoms with Crippen molar-refractivity contribution in [2.45, 2.75) is 0 Å². The first-order valence-electron chi connectivity index (χ1n) is 3.92. The van der Waals surface area contributed by atoms with Crippen LogP contribution in [0.15, 0.2) is 18.2 Å². The quantitative estimate of drug-likeness (QED) is 0.728. The predicted molar refractivity (Wildman–Crippen MR) is 46.7 cm³/mol. The maximum Gasteiger partial charge on any atom is 0.181 e. The maximum atomic E-state index is 13.0. The Morgan fingerprint density at radius 2 is 2.15 bits per heavy atom. The number of halogens is 2. The summed E-state index contributed by atoms with van der Waals surface area (Å²) in [6.45, 7) is 0.910. The van der Waals surface area contributed by atoms with E-state index in [9.17, 15) is 8.78 Å². The lowest BCUT2D eigenvalue weighted by Gasteiger charge is -2.06. The van der Waals surface area contributed by atoms with Gasteiger partial charge in [-0.05, 0) is 12.1 Å². The van der Waals surface area contributed by atoms with Gasteiger partial charge in [0, 0.05) is 13.7 Å². The van der Waals surface area contributed by atoms with Crippen LogP contribution in [0.3, 0.4) is 0 Å². The first-order valence-corrected chi connectivity index (χ1v) is 3.92. The Bertz CT molecular complexity index is 278. The highest BCUT2D eigenvalue weighted by Gasteiger charge is 2.05. The molecule has 2 nitrogen and oxygen atoms in total. The molecule has 0 amide bonds. The number of anilines is 1. The van der Waals surface area contributed by atoms with Crippen LogP contribution in [0.2, 0.25) is 0 Å². The molecule has 1 rings (SSSR count). The number of nitrogens with one attached hydrogen (secondary N) is 1. The maximum absolute atomic E-state index is 13.0. The number of hydrogen-bond donors (Lipinski definition) is 1. The average molecular weight is 187 g/mol. The van der Waals surface area contributed by atoms with Crippen molar-refractivity contribution in [3.05, 3.63) is 29.8 Å². The lowest BCUT2D eigenvalue weighted by atomic mass is 10.3. The van der Waals surface area contributed by atoms with Crippen molar-refractivity contribution in [1.82, 2.24) is 0 Å². The van der Waals surface area contributed by atoms with E-state index in [1.165, 1.54) is 12.1 Å². The van der Waals surface area contributed by atoms with E-state index in [2.05, 4.69) is 5.32 Å². The van der Waals surface area contributed by atoms with Gasteiger partial charge in [0.05, 0.1) is 12.3 Å². The van der Waals surface area contributed by atoms with Gasteiger partial charge in [0.25, 0.3) is 0 Å². The zero-order chi connectivity index (χ0) is 9.68. The number of benzene rings is 1. The summed E-state index contributed by atoms with van der Waals surface area (Å²) < 4.78 is 30.3. The van der Waals surface area contributed by atoms with Gasteiger partial charge in [0.1, 0.15) is 0 Å². The summed E-state index contributed by atoms with van der Waals surface area (Å²) in [6, 6.07) is 4.01. The van der Waals surface area contributed by atoms with Gasteiger partial charge in [0.2, 0.25) is 0 Å². The molecule has 0 spiro atoms. The predicted octanol–water partition coefficient (Wildman–Crippen LogP) is 2.02. The fourth-order valence-electron chi connectivity index (χ4n) is 0.928. The van der Waals surface area contributed by atoms with Crippen LogP contribution in [0.1, 0.15) is 0 Å². The summed E-state index contributed by atoms with van der Waals surface area (Å²) in [5, 5.41) is 2.71. The fourth-order valence-corrected chi connectivity index (χ4v) is 0.928. The van der Waals surface area contributed by atoms with Gasteiger partial charge in [-0.25, -0.2) is 8.78 Å². The van der Waals surface area contributed by atoms with Gasteiger partial charge in [-0.3, -0.25) is 0 Å². The lowest BCUT2D eigenvalue weighted by Crippen LogP contribution is -2.09. The molecule has 0 fully saturated rings. The van der Waals surface area contributed by atoms with E-state index in [0.29, 0.717) is 13.2 Å². The average Bonchev–Trinajstić information content (AvgIpc) is 2.13. The third-order valence-corrected chi connectivity index (χ3v) is 1.57. The number of methoxy groups -OCH3 is 1. The molecule has 0 aliphatic rings.